The van der Waals surface area contributed by atoms with Crippen molar-refractivity contribution in [1.82, 2.24) is 0 Å². The van der Waals surface area contributed by atoms with Gasteiger partial charge in [-0.2, -0.15) is 0 Å². The molecule has 0 aromatic heterocycles. The van der Waals surface area contributed by atoms with Crippen molar-refractivity contribution >= 4 is 15.9 Å². The van der Waals surface area contributed by atoms with E-state index in [1.165, 1.54) is 50.5 Å². The summed E-state index contributed by atoms with van der Waals surface area (Å²) in [5.41, 5.74) is 1.79. The minimum Gasteiger partial charge on any atom is -0.371 e. The van der Waals surface area contributed by atoms with E-state index in [0.29, 0.717) is 11.7 Å². The summed E-state index contributed by atoms with van der Waals surface area (Å²) in [6, 6.07) is 0. The van der Waals surface area contributed by atoms with Gasteiger partial charge in [0.15, 0.2) is 0 Å². The zero-order valence-electron chi connectivity index (χ0n) is 11.0. The molecule has 2 heteroatoms. The molecule has 1 aliphatic carbocycles. The molecule has 1 aliphatic heterocycles. The van der Waals surface area contributed by atoms with Crippen LogP contribution in [0.4, 0.5) is 0 Å². The van der Waals surface area contributed by atoms with Gasteiger partial charge in [0, 0.05) is 5.33 Å². The number of hydrogen-bond acceptors (Lipinski definition) is 1. The van der Waals surface area contributed by atoms with Crippen molar-refractivity contribution in [3.63, 3.8) is 0 Å². The number of hydrogen-bond donors (Lipinski definition) is 0. The minimum atomic E-state index is 0.290. The maximum atomic E-state index is 6.39. The van der Waals surface area contributed by atoms with Crippen LogP contribution in [0, 0.1) is 0 Å². The zero-order valence-corrected chi connectivity index (χ0v) is 12.6. The van der Waals surface area contributed by atoms with Gasteiger partial charge >= 0.3 is 0 Å². The summed E-state index contributed by atoms with van der Waals surface area (Å²) in [7, 11) is 0. The molecule has 1 nitrogen and oxygen atoms in total. The predicted molar refractivity (Wildman–Crippen MR) is 76.7 cm³/mol. The molecule has 0 aromatic rings. The van der Waals surface area contributed by atoms with E-state index in [2.05, 4.69) is 28.9 Å². The third-order valence-corrected chi connectivity index (χ3v) is 4.71. The van der Waals surface area contributed by atoms with Crippen molar-refractivity contribution in [2.45, 2.75) is 76.4 Å². The Morgan fingerprint density at radius 1 is 1.29 bits per heavy atom. The normalized spacial score (nSPS) is 28.8. The molecule has 98 valence electrons. The molecule has 0 radical (unpaired) electrons. The van der Waals surface area contributed by atoms with Crippen LogP contribution >= 0.6 is 15.9 Å². The maximum Gasteiger partial charge on any atom is 0.0687 e. The molecule has 2 fully saturated rings. The molecule has 17 heavy (non-hydrogen) atoms. The van der Waals surface area contributed by atoms with Gasteiger partial charge in [-0.3, -0.25) is 0 Å². The summed E-state index contributed by atoms with van der Waals surface area (Å²) in [5.74, 6) is 0. The van der Waals surface area contributed by atoms with Gasteiger partial charge < -0.3 is 4.74 Å². The van der Waals surface area contributed by atoms with Gasteiger partial charge in [-0.1, -0.05) is 46.8 Å². The summed E-state index contributed by atoms with van der Waals surface area (Å²) < 4.78 is 6.39. The molecule has 1 saturated carbocycles. The maximum absolute atomic E-state index is 6.39. The fourth-order valence-electron chi connectivity index (χ4n) is 3.35. The van der Waals surface area contributed by atoms with Crippen LogP contribution in [-0.2, 0) is 4.74 Å². The lowest BCUT2D eigenvalue weighted by atomic mass is 9.83. The largest absolute Gasteiger partial charge is 0.371 e. The quantitative estimate of drug-likeness (QED) is 0.525. The minimum absolute atomic E-state index is 0.290. The molecule has 1 atom stereocenters. The van der Waals surface area contributed by atoms with Crippen LogP contribution in [0.2, 0.25) is 0 Å². The summed E-state index contributed by atoms with van der Waals surface area (Å²) >= 11 is 3.47. The number of halogens is 1. The first-order valence-corrected chi connectivity index (χ1v) is 8.26. The van der Waals surface area contributed by atoms with Gasteiger partial charge in [0.2, 0.25) is 0 Å². The second-order valence-electron chi connectivity index (χ2n) is 5.75. The van der Waals surface area contributed by atoms with E-state index in [1.54, 1.807) is 0 Å². The molecule has 0 N–H and O–H groups in total. The highest BCUT2D eigenvalue weighted by Gasteiger charge is 2.40. The Hall–Kier alpha value is 0.180. The lowest BCUT2D eigenvalue weighted by molar-refractivity contribution is -0.0628. The molecule has 1 saturated heterocycles. The van der Waals surface area contributed by atoms with E-state index in [4.69, 9.17) is 4.74 Å². The summed E-state index contributed by atoms with van der Waals surface area (Å²) in [6.45, 7) is 2.25. The van der Waals surface area contributed by atoms with E-state index < -0.39 is 0 Å². The van der Waals surface area contributed by atoms with Crippen molar-refractivity contribution in [1.29, 1.82) is 0 Å². The predicted octanol–water partition coefficient (Wildman–Crippen LogP) is 4.99. The fourth-order valence-corrected chi connectivity index (χ4v) is 3.58. The number of alkyl halides is 1. The molecular formula is C15H25BrO. The van der Waals surface area contributed by atoms with Gasteiger partial charge in [0.25, 0.3) is 0 Å². The summed E-state index contributed by atoms with van der Waals surface area (Å²) in [6.07, 6.45) is 14.5. The third-order valence-electron chi connectivity index (χ3n) is 4.25. The van der Waals surface area contributed by atoms with Crippen LogP contribution in [0.5, 0.6) is 0 Å². The van der Waals surface area contributed by atoms with Crippen molar-refractivity contribution in [2.24, 2.45) is 0 Å². The van der Waals surface area contributed by atoms with E-state index in [1.807, 2.05) is 0 Å². The van der Waals surface area contributed by atoms with E-state index in [9.17, 15) is 0 Å². The average Bonchev–Trinajstić information content (AvgIpc) is 2.70. The van der Waals surface area contributed by atoms with Crippen LogP contribution in [0.25, 0.3) is 0 Å². The van der Waals surface area contributed by atoms with E-state index in [-0.39, 0.29) is 0 Å². The Kier molecular flexibility index (Phi) is 5.10. The highest BCUT2D eigenvalue weighted by Crippen LogP contribution is 2.43. The SMILES string of the molecule is CC(=CCCBr)CC1CCC2(CCCCC2)O1. The lowest BCUT2D eigenvalue weighted by Gasteiger charge is -2.33. The topological polar surface area (TPSA) is 9.23 Å². The first kappa shape index (κ1) is 13.6. The van der Waals surface area contributed by atoms with Gasteiger partial charge in [-0.15, -0.1) is 0 Å². The second-order valence-corrected chi connectivity index (χ2v) is 6.55. The number of ether oxygens (including phenoxy) is 1. The third kappa shape index (κ3) is 3.82. The molecule has 1 heterocycles. The second kappa shape index (κ2) is 6.38. The van der Waals surface area contributed by atoms with Crippen molar-refractivity contribution < 1.29 is 4.74 Å². The van der Waals surface area contributed by atoms with Crippen LogP contribution in [-0.4, -0.2) is 17.0 Å². The number of rotatable bonds is 4. The highest BCUT2D eigenvalue weighted by atomic mass is 79.9. The molecule has 0 aromatic carbocycles. The van der Waals surface area contributed by atoms with Gasteiger partial charge in [-0.25, -0.2) is 0 Å². The fraction of sp³-hybridized carbons (Fsp3) is 0.867. The Morgan fingerprint density at radius 3 is 2.76 bits per heavy atom. The monoisotopic (exact) mass is 300 g/mol. The van der Waals surface area contributed by atoms with Crippen LogP contribution in [0.15, 0.2) is 11.6 Å². The first-order valence-electron chi connectivity index (χ1n) is 7.13. The molecule has 0 amide bonds. The van der Waals surface area contributed by atoms with Gasteiger partial charge in [0.1, 0.15) is 0 Å². The molecule has 1 unspecified atom stereocenters. The number of allylic oxidation sites excluding steroid dienone is 1. The lowest BCUT2D eigenvalue weighted by Crippen LogP contribution is -2.31. The Labute approximate surface area is 114 Å². The van der Waals surface area contributed by atoms with Crippen molar-refractivity contribution in [2.75, 3.05) is 5.33 Å². The van der Waals surface area contributed by atoms with E-state index in [0.717, 1.165) is 18.2 Å². The van der Waals surface area contributed by atoms with Crippen LogP contribution in [0.3, 0.4) is 0 Å². The standard InChI is InChI=1S/C15H25BrO/c1-13(6-5-11-16)12-14-7-10-15(17-14)8-3-2-4-9-15/h6,14H,2-5,7-12H2,1H3. The smallest absolute Gasteiger partial charge is 0.0687 e. The van der Waals surface area contributed by atoms with Crippen molar-refractivity contribution in [3.8, 4) is 0 Å². The van der Waals surface area contributed by atoms with Crippen molar-refractivity contribution in [3.05, 3.63) is 11.6 Å². The highest BCUT2D eigenvalue weighted by molar-refractivity contribution is 9.09. The van der Waals surface area contributed by atoms with E-state index >= 15 is 0 Å². The summed E-state index contributed by atoms with van der Waals surface area (Å²) in [5, 5.41) is 1.07. The first-order chi connectivity index (χ1) is 8.24. The molecule has 2 rings (SSSR count). The average molecular weight is 301 g/mol. The molecule has 0 bridgehead atoms. The molecular weight excluding hydrogens is 276 g/mol. The Bertz CT molecular complexity index is 266. The van der Waals surface area contributed by atoms with Gasteiger partial charge in [0.05, 0.1) is 11.7 Å². The Morgan fingerprint density at radius 2 is 2.06 bits per heavy atom. The van der Waals surface area contributed by atoms with Crippen LogP contribution in [0.1, 0.15) is 64.7 Å². The molecule has 1 spiro atoms. The zero-order chi connectivity index (χ0) is 12.1. The van der Waals surface area contributed by atoms with Gasteiger partial charge in [-0.05, 0) is 45.4 Å². The summed E-state index contributed by atoms with van der Waals surface area (Å²) in [4.78, 5) is 0. The molecule has 2 aliphatic rings. The van der Waals surface area contributed by atoms with Crippen LogP contribution < -0.4 is 0 Å². The Balaban J connectivity index is 1.81.